The predicted octanol–water partition coefficient (Wildman–Crippen LogP) is 3.75. The van der Waals surface area contributed by atoms with Crippen molar-refractivity contribution in [3.05, 3.63) is 76.8 Å². The number of sulfonamides is 1. The van der Waals surface area contributed by atoms with E-state index in [-0.39, 0.29) is 5.82 Å². The number of rotatable bonds is 7. The number of benzene rings is 2. The average molecular weight is 544 g/mol. The molecule has 0 saturated carbocycles. The molecule has 2 aromatic carbocycles. The van der Waals surface area contributed by atoms with E-state index in [4.69, 9.17) is 21.6 Å². The number of imidazole rings is 1. The second kappa shape index (κ2) is 10.6. The Balaban J connectivity index is 1.50. The summed E-state index contributed by atoms with van der Waals surface area (Å²) in [6.07, 6.45) is 3.60. The zero-order chi connectivity index (χ0) is 26.0. The summed E-state index contributed by atoms with van der Waals surface area (Å²) >= 11 is 6.41. The van der Waals surface area contributed by atoms with Crippen LogP contribution >= 0.6 is 11.6 Å². The van der Waals surface area contributed by atoms with Crippen molar-refractivity contribution < 1.29 is 12.8 Å². The fraction of sp³-hybridized carbons (Fsp3) is 0.320. The number of hydrogen-bond acceptors (Lipinski definition) is 7. The Morgan fingerprint density at radius 3 is 2.57 bits per heavy atom. The molecule has 1 fully saturated rings. The fourth-order valence-electron chi connectivity index (χ4n) is 4.34. The van der Waals surface area contributed by atoms with Gasteiger partial charge < -0.3 is 14.8 Å². The number of nitrogens with zero attached hydrogens (tertiary/aromatic N) is 6. The molecule has 0 aliphatic carbocycles. The molecule has 0 atom stereocenters. The first-order valence-electron chi connectivity index (χ1n) is 11.9. The third-order valence-corrected chi connectivity index (χ3v) is 8.00. The van der Waals surface area contributed by atoms with E-state index >= 15 is 0 Å². The van der Waals surface area contributed by atoms with Crippen LogP contribution in [0.5, 0.6) is 0 Å². The van der Waals surface area contributed by atoms with E-state index in [0.717, 1.165) is 11.1 Å². The van der Waals surface area contributed by atoms with Crippen molar-refractivity contribution in [3.63, 3.8) is 0 Å². The fourth-order valence-corrected chi connectivity index (χ4v) is 5.41. The van der Waals surface area contributed by atoms with Crippen LogP contribution in [0.4, 0.5) is 16.2 Å². The molecule has 0 bridgehead atoms. The van der Waals surface area contributed by atoms with Crippen molar-refractivity contribution in [2.75, 3.05) is 42.7 Å². The van der Waals surface area contributed by atoms with Crippen LogP contribution in [0.1, 0.15) is 17.5 Å². The summed E-state index contributed by atoms with van der Waals surface area (Å²) in [5.74, 6) is 0.745. The van der Waals surface area contributed by atoms with Crippen molar-refractivity contribution in [3.8, 4) is 0 Å². The Hall–Kier alpha value is -3.28. The van der Waals surface area contributed by atoms with Crippen molar-refractivity contribution >= 4 is 44.6 Å². The number of fused-ring (bicyclic) bond motifs is 1. The van der Waals surface area contributed by atoms with Gasteiger partial charge >= 0.3 is 0 Å². The van der Waals surface area contributed by atoms with Crippen LogP contribution < -0.4 is 10.2 Å². The number of nitrogens with one attached hydrogen (secondary N) is 1. The highest BCUT2D eigenvalue weighted by atomic mass is 35.5. The van der Waals surface area contributed by atoms with Crippen LogP contribution in [0.25, 0.3) is 11.2 Å². The van der Waals surface area contributed by atoms with Gasteiger partial charge in [0.1, 0.15) is 5.82 Å². The maximum Gasteiger partial charge on any atom is 0.229 e. The van der Waals surface area contributed by atoms with Crippen LogP contribution in [0.3, 0.4) is 0 Å². The molecule has 0 radical (unpaired) electrons. The molecule has 0 amide bonds. The zero-order valence-corrected chi connectivity index (χ0v) is 21.9. The molecule has 1 N–H and O–H groups in total. The van der Waals surface area contributed by atoms with Gasteiger partial charge in [-0.2, -0.15) is 9.97 Å². The third kappa shape index (κ3) is 5.84. The minimum atomic E-state index is -3.28. The molecule has 5 rings (SSSR count). The van der Waals surface area contributed by atoms with Crippen LogP contribution in [-0.4, -0.2) is 64.7 Å². The van der Waals surface area contributed by atoms with E-state index in [1.165, 1.54) is 22.7 Å². The van der Waals surface area contributed by atoms with Crippen molar-refractivity contribution in [2.45, 2.75) is 19.5 Å². The predicted molar refractivity (Wildman–Crippen MR) is 143 cm³/mol. The van der Waals surface area contributed by atoms with Crippen LogP contribution in [-0.2, 0) is 23.1 Å². The second-order valence-electron chi connectivity index (χ2n) is 8.99. The Morgan fingerprint density at radius 2 is 1.81 bits per heavy atom. The quantitative estimate of drug-likeness (QED) is 0.379. The van der Waals surface area contributed by atoms with Gasteiger partial charge in [-0.25, -0.2) is 22.1 Å². The summed E-state index contributed by atoms with van der Waals surface area (Å²) < 4.78 is 40.9. The topological polar surface area (TPSA) is 96.3 Å². The van der Waals surface area contributed by atoms with Gasteiger partial charge in [0.15, 0.2) is 17.0 Å². The monoisotopic (exact) mass is 543 g/mol. The number of hydrogen-bond donors (Lipinski definition) is 1. The molecule has 12 heteroatoms. The molecule has 194 valence electrons. The van der Waals surface area contributed by atoms with Crippen molar-refractivity contribution in [1.29, 1.82) is 0 Å². The van der Waals surface area contributed by atoms with E-state index < -0.39 is 10.0 Å². The molecule has 1 aliphatic heterocycles. The minimum absolute atomic E-state index is 0.293. The van der Waals surface area contributed by atoms with Gasteiger partial charge in [0.25, 0.3) is 0 Å². The standard InChI is InChI=1S/C25H27ClFN7O2S/c1-37(35,36)34-12-4-11-32(13-14-34)25-30-23(28-15-18-7-9-20(27)10-8-18)22-24(31-25)33(17-29-22)16-19-5-2-3-6-21(19)26/h2-3,5-10,17H,4,11-16H2,1H3,(H,28,30,31). The van der Waals surface area contributed by atoms with E-state index in [0.29, 0.717) is 73.6 Å². The van der Waals surface area contributed by atoms with Gasteiger partial charge in [0.2, 0.25) is 16.0 Å². The molecule has 2 aromatic heterocycles. The third-order valence-electron chi connectivity index (χ3n) is 6.33. The molecule has 37 heavy (non-hydrogen) atoms. The lowest BCUT2D eigenvalue weighted by Gasteiger charge is -2.22. The Labute approximate surface area is 220 Å². The molecule has 3 heterocycles. The smallest absolute Gasteiger partial charge is 0.229 e. The average Bonchev–Trinajstić information content (AvgIpc) is 3.09. The molecular weight excluding hydrogens is 517 g/mol. The first-order valence-corrected chi connectivity index (χ1v) is 14.2. The Bertz CT molecular complexity index is 1510. The summed E-state index contributed by atoms with van der Waals surface area (Å²) in [5.41, 5.74) is 3.06. The molecule has 4 aromatic rings. The molecule has 0 spiro atoms. The normalized spacial score (nSPS) is 15.2. The van der Waals surface area contributed by atoms with Gasteiger partial charge in [-0.1, -0.05) is 41.9 Å². The van der Waals surface area contributed by atoms with Gasteiger partial charge in [0.05, 0.1) is 19.1 Å². The van der Waals surface area contributed by atoms with Crippen LogP contribution in [0, 0.1) is 5.82 Å². The summed E-state index contributed by atoms with van der Waals surface area (Å²) in [5, 5.41) is 3.99. The summed E-state index contributed by atoms with van der Waals surface area (Å²) in [6, 6.07) is 13.9. The lowest BCUT2D eigenvalue weighted by molar-refractivity contribution is 0.437. The maximum absolute atomic E-state index is 13.4. The highest BCUT2D eigenvalue weighted by Gasteiger charge is 2.24. The highest BCUT2D eigenvalue weighted by Crippen LogP contribution is 2.26. The zero-order valence-electron chi connectivity index (χ0n) is 20.3. The summed E-state index contributed by atoms with van der Waals surface area (Å²) in [7, 11) is -3.28. The van der Waals surface area contributed by atoms with Gasteiger partial charge in [-0.05, 0) is 35.7 Å². The largest absolute Gasteiger partial charge is 0.364 e. The molecule has 0 unspecified atom stereocenters. The van der Waals surface area contributed by atoms with E-state index in [9.17, 15) is 12.8 Å². The maximum atomic E-state index is 13.4. The molecule has 1 saturated heterocycles. The van der Waals surface area contributed by atoms with Crippen LogP contribution in [0.2, 0.25) is 5.02 Å². The molecule has 9 nitrogen and oxygen atoms in total. The van der Waals surface area contributed by atoms with Crippen molar-refractivity contribution in [1.82, 2.24) is 23.8 Å². The lowest BCUT2D eigenvalue weighted by atomic mass is 10.2. The minimum Gasteiger partial charge on any atom is -0.364 e. The van der Waals surface area contributed by atoms with E-state index in [1.807, 2.05) is 33.7 Å². The Kier molecular flexibility index (Phi) is 7.27. The highest BCUT2D eigenvalue weighted by molar-refractivity contribution is 7.88. The van der Waals surface area contributed by atoms with E-state index in [1.54, 1.807) is 18.5 Å². The number of halogens is 2. The lowest BCUT2D eigenvalue weighted by Crippen LogP contribution is -2.35. The first-order chi connectivity index (χ1) is 17.8. The van der Waals surface area contributed by atoms with Crippen molar-refractivity contribution in [2.24, 2.45) is 0 Å². The number of anilines is 2. The second-order valence-corrected chi connectivity index (χ2v) is 11.4. The Morgan fingerprint density at radius 1 is 1.03 bits per heavy atom. The first kappa shape index (κ1) is 25.4. The van der Waals surface area contributed by atoms with Gasteiger partial charge in [-0.3, -0.25) is 0 Å². The van der Waals surface area contributed by atoms with Crippen LogP contribution in [0.15, 0.2) is 54.9 Å². The van der Waals surface area contributed by atoms with E-state index in [2.05, 4.69) is 10.3 Å². The molecular formula is C25H27ClFN7O2S. The summed E-state index contributed by atoms with van der Waals surface area (Å²) in [6.45, 7) is 2.80. The van der Waals surface area contributed by atoms with Gasteiger partial charge in [-0.15, -0.1) is 0 Å². The number of aromatic nitrogens is 4. The molecule has 1 aliphatic rings. The summed E-state index contributed by atoms with van der Waals surface area (Å²) in [4.78, 5) is 16.2. The van der Waals surface area contributed by atoms with Gasteiger partial charge in [0, 0.05) is 37.7 Å². The SMILES string of the molecule is CS(=O)(=O)N1CCCN(c2nc(NCc3ccc(F)cc3)c3ncn(Cc4ccccc4Cl)c3n2)CC1.